The Hall–Kier alpha value is -14.0. The molecule has 0 radical (unpaired) electrons. The number of nitrogens with zero attached hydrogens (tertiary/aromatic N) is 17. The SMILES string of the molecule is CC(C)(C)OC(=O)N1CC[C@@H](n2c(Br)c(-c3ccc(Oc4cccc(F)c4)cc3)c3c(N)ncnc32)C1.CC(C)(C)OC(=O)N1CC[C@@H](n2c(C#N)c(-c3ccc(Oc4cccc(F)c4)cc3)c3c(N)ncnc32)C1.CN(C/C=C/C(=O)N1CC[C@@H](n2c(C#N)c(-c3ccc(Oc4cccc(F)c4)cc3)c3c(N)ncnc32)C1)C1CC1.CN(C/C=C/C(=O)O)C1CC1.[2H]CF.[C-]#N.[Cu+]. The van der Waals surface area contributed by atoms with Gasteiger partial charge >= 0.3 is 35.2 Å². The molecule has 5 fully saturated rings. The van der Waals surface area contributed by atoms with Crippen molar-refractivity contribution in [3.8, 4) is 80.0 Å². The number of carbonyl (C=O) groups is 4. The third-order valence-corrected chi connectivity index (χ3v) is 22.7. The van der Waals surface area contributed by atoms with Crippen LogP contribution in [0.4, 0.5) is 44.6 Å². The molecule has 6 aromatic heterocycles. The molecule has 3 saturated heterocycles. The molecule has 0 unspecified atom stereocenters. The number of nitrogen functional groups attached to an aromatic ring is 3. The number of ether oxygens (including phenoxy) is 5. The van der Waals surface area contributed by atoms with Gasteiger partial charge in [0.15, 0.2) is 0 Å². The van der Waals surface area contributed by atoms with E-state index in [1.165, 1.54) is 87.1 Å². The van der Waals surface area contributed by atoms with E-state index in [1.54, 1.807) is 82.6 Å². The third-order valence-electron chi connectivity index (χ3n) is 22.0. The molecule has 36 heteroatoms. The second-order valence-corrected chi connectivity index (χ2v) is 34.3. The quantitative estimate of drug-likeness (QED) is 0.0238. The molecule has 3 atom stereocenters. The Morgan fingerprint density at radius 1 is 0.508 bits per heavy atom. The maximum Gasteiger partial charge on any atom is 1.00 e. The number of hydrogen-bond acceptors (Lipinski definition) is 23. The van der Waals surface area contributed by atoms with Crippen LogP contribution in [-0.2, 0) is 36.1 Å². The van der Waals surface area contributed by atoms with E-state index in [1.807, 2.05) is 117 Å². The van der Waals surface area contributed by atoms with Crippen LogP contribution in [-0.4, -0.2) is 194 Å². The van der Waals surface area contributed by atoms with Crippen molar-refractivity contribution < 1.29 is 84.0 Å². The van der Waals surface area contributed by atoms with E-state index < -0.39 is 36.2 Å². The number of halogens is 5. The smallest absolute Gasteiger partial charge is 0.512 e. The molecule has 0 bridgehead atoms. The minimum Gasteiger partial charge on any atom is -0.512 e. The van der Waals surface area contributed by atoms with Gasteiger partial charge in [-0.2, -0.15) is 10.5 Å². The van der Waals surface area contributed by atoms with Crippen LogP contribution in [0.25, 0.3) is 66.5 Å². The van der Waals surface area contributed by atoms with Crippen molar-refractivity contribution in [1.82, 2.24) is 68.1 Å². The molecule has 6 aromatic carbocycles. The summed E-state index contributed by atoms with van der Waals surface area (Å²) in [5, 5.41) is 37.1. The van der Waals surface area contributed by atoms with Gasteiger partial charge in [-0.25, -0.2) is 57.5 Å². The van der Waals surface area contributed by atoms with E-state index in [0.717, 1.165) is 51.8 Å². The van der Waals surface area contributed by atoms with Crippen LogP contribution in [0.2, 0.25) is 0 Å². The van der Waals surface area contributed by atoms with E-state index in [4.69, 9.17) is 59.2 Å². The second-order valence-electron chi connectivity index (χ2n) is 33.5. The Bertz CT molecular complexity index is 6310. The fraction of sp³-hybridized carbons (Fsp3) is 0.323. The van der Waals surface area contributed by atoms with E-state index in [2.05, 4.69) is 79.4 Å². The Labute approximate surface area is 781 Å². The molecule has 3 aliphatic heterocycles. The average Bonchev–Trinajstić information content (AvgIpc) is 1.60. The molecular weight excluding hydrogens is 1810 g/mol. The number of carboxylic acids is 1. The van der Waals surface area contributed by atoms with Crippen LogP contribution in [0, 0.1) is 51.9 Å². The molecule has 690 valence electrons. The minimum atomic E-state index is -1.00. The summed E-state index contributed by atoms with van der Waals surface area (Å²) in [6.45, 7) is 20.3. The molecule has 12 aromatic rings. The molecule has 2 saturated carbocycles. The van der Waals surface area contributed by atoms with Crippen molar-refractivity contribution in [3.63, 3.8) is 0 Å². The number of amides is 3. The van der Waals surface area contributed by atoms with Gasteiger partial charge < -0.3 is 86.2 Å². The molecule has 0 spiro atoms. The minimum absolute atomic E-state index is 0. The predicted molar refractivity (Wildman–Crippen MR) is 491 cm³/mol. The molecule has 132 heavy (non-hydrogen) atoms. The predicted octanol–water partition coefficient (Wildman–Crippen LogP) is 18.5. The topological polar surface area (TPSA) is 392 Å². The number of benzene rings is 6. The number of anilines is 3. The number of nitriles is 2. The molecule has 17 rings (SSSR count). The van der Waals surface area contributed by atoms with Gasteiger partial charge in [0.1, 0.15) is 140 Å². The van der Waals surface area contributed by atoms with Crippen LogP contribution < -0.4 is 31.4 Å². The van der Waals surface area contributed by atoms with Crippen molar-refractivity contribution in [2.24, 2.45) is 0 Å². The molecular formula is C96H100BrCuF4N20O10. The van der Waals surface area contributed by atoms with Crippen LogP contribution >= 0.6 is 15.9 Å². The Balaban J connectivity index is 0.000000177. The maximum atomic E-state index is 13.6. The van der Waals surface area contributed by atoms with Gasteiger partial charge in [-0.05, 0) is 206 Å². The largest absolute Gasteiger partial charge is 1.00 e. The van der Waals surface area contributed by atoms with Crippen LogP contribution in [0.15, 0.2) is 193 Å². The summed E-state index contributed by atoms with van der Waals surface area (Å²) >= 11 is 3.79. The summed E-state index contributed by atoms with van der Waals surface area (Å²) in [6.07, 6.45) is 17.0. The first-order valence-corrected chi connectivity index (χ1v) is 42.9. The number of rotatable bonds is 20. The van der Waals surface area contributed by atoms with Gasteiger partial charge in [0, 0.05) is 111 Å². The summed E-state index contributed by atoms with van der Waals surface area (Å²) in [5.74, 6) is 1.63. The van der Waals surface area contributed by atoms with Crippen LogP contribution in [0.3, 0.4) is 0 Å². The van der Waals surface area contributed by atoms with Gasteiger partial charge in [-0.15, -0.1) is 0 Å². The number of carboxylic acid groups (broad SMARTS) is 1. The summed E-state index contributed by atoms with van der Waals surface area (Å²) < 4.78 is 91.2. The summed E-state index contributed by atoms with van der Waals surface area (Å²) in [5.41, 5.74) is 24.8. The number of aromatic nitrogens is 9. The van der Waals surface area contributed by atoms with Crippen LogP contribution in [0.1, 0.15) is 117 Å². The van der Waals surface area contributed by atoms with Gasteiger partial charge in [0.05, 0.1) is 47.4 Å². The van der Waals surface area contributed by atoms with Gasteiger partial charge in [-0.1, -0.05) is 66.7 Å². The standard InChI is InChI=1S/C31H30FN7O2.C28H27FN6O3.C27H27BrFN5O3.C8H13NO2.CH3F.CN.Cu/c1-37(22-9-10-22)14-3-6-27(40)38-15-13-23(18-38)39-26(17-33)28(29-30(34)35-19-36-31(29)39)20-7-11-24(12-8-20)41-25-5-2-4-21(32)16-25;1-28(2,3)38-27(36)34-12-11-19(15-34)35-22(14-30)23(24-25(31)32-16-33-26(24)35)17-7-9-20(10-8-17)37-21-6-4-5-18(29)13-21;1-27(2,3)37-26(35)33-12-11-18(14-33)34-23(28)21(22-24(30)31-15-32-25(22)34)16-7-9-19(10-8-16)36-20-6-4-5-17(29)13-20;1-9(7-4-5-7)6-2-3-8(10)11;2*1-2;/h2-8,11-12,16,19,22-23H,9-10,13-15,18H2,1H3,(H2,34,35,36);4-10,13,16,19H,11-12,15H2,1-3H3,(H2,31,32,33);4-10,13,15,18H,11-12,14H2,1-3H3,(H2,30,31,32);2-3,7H,4-6H2,1H3,(H,10,11);1H3;;/q;;;;;-1;+1/b6-3+;;;3-2+;;;/t23-;19-;18-;;;;/m111..../s1/i;;;;1D;;. The van der Waals surface area contributed by atoms with Gasteiger partial charge in [0.2, 0.25) is 5.91 Å². The van der Waals surface area contributed by atoms with E-state index >= 15 is 0 Å². The number of fused-ring (bicyclic) bond motifs is 3. The molecule has 5 aliphatic rings. The maximum absolute atomic E-state index is 13.6. The number of aliphatic carboxylic acids is 1. The first kappa shape index (κ1) is 97.1. The Morgan fingerprint density at radius 2 is 0.826 bits per heavy atom. The zero-order valence-corrected chi connectivity index (χ0v) is 76.3. The fourth-order valence-corrected chi connectivity index (χ4v) is 16.6. The van der Waals surface area contributed by atoms with Crippen molar-refractivity contribution in [2.75, 3.05) is 90.8 Å². The van der Waals surface area contributed by atoms with Gasteiger partial charge in [0.25, 0.3) is 0 Å². The summed E-state index contributed by atoms with van der Waals surface area (Å²) in [4.78, 5) is 84.1. The Morgan fingerprint density at radius 3 is 1.16 bits per heavy atom. The van der Waals surface area contributed by atoms with Gasteiger partial charge in [-0.3, -0.25) is 19.0 Å². The Kier molecular flexibility index (Phi) is 32.5. The van der Waals surface area contributed by atoms with Crippen molar-refractivity contribution in [2.45, 2.75) is 128 Å². The number of hydrogen-bond donors (Lipinski definition) is 4. The van der Waals surface area contributed by atoms with Crippen LogP contribution in [0.5, 0.6) is 34.5 Å². The number of likely N-dealkylation sites (N-methyl/N-ethyl adjacent to an activating group) is 2. The molecule has 7 N–H and O–H groups in total. The number of nitrogens with two attached hydrogens (primary N) is 3. The molecule has 30 nitrogen and oxygen atoms in total. The van der Waals surface area contributed by atoms with E-state index in [0.29, 0.717) is 155 Å². The number of carbonyl (C=O) groups excluding carboxylic acids is 3. The first-order chi connectivity index (χ1) is 63.3. The number of likely N-dealkylation sites (tertiary alicyclic amines) is 3. The van der Waals surface area contributed by atoms with Crippen molar-refractivity contribution in [1.29, 1.82) is 15.8 Å². The zero-order chi connectivity index (χ0) is 94.8. The first-order valence-electron chi connectivity index (χ1n) is 42.8. The molecule has 3 amide bonds. The number of alkyl halides is 1. The monoisotopic (exact) mass is 1910 g/mol. The molecule has 9 heterocycles. The third kappa shape index (κ3) is 24.4. The van der Waals surface area contributed by atoms with E-state index in [-0.39, 0.29) is 70.5 Å². The zero-order valence-electron chi connectivity index (χ0n) is 74.7. The fourth-order valence-electron chi connectivity index (χ4n) is 15.7. The van der Waals surface area contributed by atoms with Crippen molar-refractivity contribution >= 4 is 90.5 Å². The summed E-state index contributed by atoms with van der Waals surface area (Å²) in [6, 6.07) is 45.2. The summed E-state index contributed by atoms with van der Waals surface area (Å²) in [7, 11) is 3.10. The normalized spacial score (nSPS) is 15.8. The van der Waals surface area contributed by atoms with E-state index in [9.17, 15) is 47.3 Å². The average molecular weight is 1910 g/mol. The second kappa shape index (κ2) is 44.1. The van der Waals surface area contributed by atoms with Crippen molar-refractivity contribution in [3.05, 3.63) is 229 Å². The molecule has 2 aliphatic carbocycles.